The monoisotopic (exact) mass is 280 g/mol. The first-order valence-electron chi connectivity index (χ1n) is 6.49. The molecule has 1 heterocycles. The lowest BCUT2D eigenvalue weighted by Gasteiger charge is -2.14. The maximum atomic E-state index is 11.8. The van der Waals surface area contributed by atoms with Crippen molar-refractivity contribution in [2.24, 2.45) is 5.92 Å². The highest BCUT2D eigenvalue weighted by Gasteiger charge is 2.68. The molecule has 2 unspecified atom stereocenters. The van der Waals surface area contributed by atoms with Crippen LogP contribution in [-0.4, -0.2) is 52.0 Å². The highest BCUT2D eigenvalue weighted by molar-refractivity contribution is 5.89. The van der Waals surface area contributed by atoms with Gasteiger partial charge in [-0.15, -0.1) is 0 Å². The Hall–Kier alpha value is -1.47. The van der Waals surface area contributed by atoms with E-state index in [9.17, 15) is 20.1 Å². The van der Waals surface area contributed by atoms with Gasteiger partial charge in [0.05, 0.1) is 12.2 Å². The second-order valence-electron chi connectivity index (χ2n) is 5.26. The summed E-state index contributed by atoms with van der Waals surface area (Å²) in [6, 6.07) is 8.59. The predicted octanol–water partition coefficient (Wildman–Crippen LogP) is -0.328. The SMILES string of the molecule is O=C(OC[C@@H]1C[C@]12O[C@H](O)C(O)C2O)c1ccccc1. The van der Waals surface area contributed by atoms with Crippen molar-refractivity contribution in [1.82, 2.24) is 0 Å². The van der Waals surface area contributed by atoms with Crippen molar-refractivity contribution in [3.63, 3.8) is 0 Å². The van der Waals surface area contributed by atoms with Gasteiger partial charge >= 0.3 is 5.97 Å². The molecule has 1 aliphatic carbocycles. The predicted molar refractivity (Wildman–Crippen MR) is 66.7 cm³/mol. The Labute approximate surface area is 115 Å². The molecule has 3 N–H and O–H groups in total. The topological polar surface area (TPSA) is 96.2 Å². The van der Waals surface area contributed by atoms with E-state index in [2.05, 4.69) is 0 Å². The Balaban J connectivity index is 1.56. The summed E-state index contributed by atoms with van der Waals surface area (Å²) in [5.41, 5.74) is -0.523. The van der Waals surface area contributed by atoms with Crippen molar-refractivity contribution < 1.29 is 29.6 Å². The van der Waals surface area contributed by atoms with Crippen LogP contribution in [0.5, 0.6) is 0 Å². The zero-order valence-electron chi connectivity index (χ0n) is 10.7. The fourth-order valence-electron chi connectivity index (χ4n) is 2.68. The van der Waals surface area contributed by atoms with E-state index < -0.39 is 30.1 Å². The minimum absolute atomic E-state index is 0.0875. The molecule has 1 aromatic rings. The van der Waals surface area contributed by atoms with E-state index in [1.54, 1.807) is 30.3 Å². The molecule has 108 valence electrons. The van der Waals surface area contributed by atoms with Crippen LogP contribution in [0.4, 0.5) is 0 Å². The number of carbonyl (C=O) groups is 1. The van der Waals surface area contributed by atoms with Crippen LogP contribution in [0, 0.1) is 5.92 Å². The van der Waals surface area contributed by atoms with E-state index >= 15 is 0 Å². The molecule has 20 heavy (non-hydrogen) atoms. The van der Waals surface area contributed by atoms with Gasteiger partial charge < -0.3 is 24.8 Å². The van der Waals surface area contributed by atoms with Gasteiger partial charge in [0.15, 0.2) is 6.29 Å². The maximum absolute atomic E-state index is 11.8. The highest BCUT2D eigenvalue weighted by atomic mass is 16.7. The molecule has 1 aliphatic heterocycles. The molecule has 0 bridgehead atoms. The molecular formula is C14H16O6. The molecule has 0 radical (unpaired) electrons. The summed E-state index contributed by atoms with van der Waals surface area (Å²) in [5, 5.41) is 28.7. The van der Waals surface area contributed by atoms with E-state index in [0.717, 1.165) is 0 Å². The first kappa shape index (κ1) is 13.5. The Morgan fingerprint density at radius 2 is 2.00 bits per heavy atom. The van der Waals surface area contributed by atoms with Crippen molar-refractivity contribution in [1.29, 1.82) is 0 Å². The van der Waals surface area contributed by atoms with Gasteiger partial charge in [-0.3, -0.25) is 0 Å². The standard InChI is InChI=1S/C14H16O6/c15-10-11(16)14(20-13(10)18)6-9(14)7-19-12(17)8-4-2-1-3-5-8/h1-5,9-11,13,15-16,18H,6-7H2/t9-,10?,11?,13-,14-/m0/s1. The fraction of sp³-hybridized carbons (Fsp3) is 0.500. The van der Waals surface area contributed by atoms with Crippen LogP contribution in [0.15, 0.2) is 30.3 Å². The number of rotatable bonds is 3. The third kappa shape index (κ3) is 2.10. The number of carbonyl (C=O) groups excluding carboxylic acids is 1. The van der Waals surface area contributed by atoms with Crippen molar-refractivity contribution in [3.05, 3.63) is 35.9 Å². The molecule has 1 saturated heterocycles. The summed E-state index contributed by atoms with van der Waals surface area (Å²) in [5.74, 6) is -0.654. The van der Waals surface area contributed by atoms with Crippen LogP contribution in [-0.2, 0) is 9.47 Å². The largest absolute Gasteiger partial charge is 0.462 e. The van der Waals surface area contributed by atoms with Crippen LogP contribution in [0.3, 0.4) is 0 Å². The Kier molecular flexibility index (Phi) is 3.25. The van der Waals surface area contributed by atoms with E-state index in [4.69, 9.17) is 9.47 Å². The molecule has 1 saturated carbocycles. The molecule has 1 aromatic carbocycles. The quantitative estimate of drug-likeness (QED) is 0.656. The fourth-order valence-corrected chi connectivity index (χ4v) is 2.68. The molecule has 6 heteroatoms. The number of esters is 1. The lowest BCUT2D eigenvalue weighted by atomic mass is 10.1. The van der Waals surface area contributed by atoms with Gasteiger partial charge in [-0.2, -0.15) is 0 Å². The van der Waals surface area contributed by atoms with E-state index in [-0.39, 0.29) is 12.5 Å². The first-order chi connectivity index (χ1) is 9.54. The average molecular weight is 280 g/mol. The van der Waals surface area contributed by atoms with Gasteiger partial charge in [0, 0.05) is 5.92 Å². The summed E-state index contributed by atoms with van der Waals surface area (Å²) in [6.07, 6.45) is -3.41. The van der Waals surface area contributed by atoms with E-state index in [1.807, 2.05) is 0 Å². The maximum Gasteiger partial charge on any atom is 0.338 e. The molecule has 0 aromatic heterocycles. The van der Waals surface area contributed by atoms with E-state index in [0.29, 0.717) is 12.0 Å². The van der Waals surface area contributed by atoms with Crippen molar-refractivity contribution in [2.75, 3.05) is 6.61 Å². The summed E-state index contributed by atoms with van der Waals surface area (Å²) in [6.45, 7) is 0.0875. The Bertz CT molecular complexity index is 504. The van der Waals surface area contributed by atoms with Gasteiger partial charge in [0.25, 0.3) is 0 Å². The molecular weight excluding hydrogens is 264 g/mol. The number of benzene rings is 1. The number of hydrogen-bond donors (Lipinski definition) is 3. The van der Waals surface area contributed by atoms with Crippen molar-refractivity contribution >= 4 is 5.97 Å². The highest BCUT2D eigenvalue weighted by Crippen LogP contribution is 2.54. The molecule has 2 fully saturated rings. The van der Waals surface area contributed by atoms with Gasteiger partial charge in [-0.1, -0.05) is 18.2 Å². The summed E-state index contributed by atoms with van der Waals surface area (Å²) >= 11 is 0. The molecule has 5 atom stereocenters. The minimum atomic E-state index is -1.39. The average Bonchev–Trinajstić information content (AvgIpc) is 3.12. The lowest BCUT2D eigenvalue weighted by Crippen LogP contribution is -2.35. The molecule has 6 nitrogen and oxygen atoms in total. The minimum Gasteiger partial charge on any atom is -0.462 e. The Morgan fingerprint density at radius 1 is 1.30 bits per heavy atom. The second-order valence-corrected chi connectivity index (χ2v) is 5.26. The van der Waals surface area contributed by atoms with Crippen molar-refractivity contribution in [2.45, 2.75) is 30.5 Å². The molecule has 3 rings (SSSR count). The van der Waals surface area contributed by atoms with Gasteiger partial charge in [0.2, 0.25) is 0 Å². The lowest BCUT2D eigenvalue weighted by molar-refractivity contribution is -0.137. The van der Waals surface area contributed by atoms with Crippen LogP contribution in [0.2, 0.25) is 0 Å². The summed E-state index contributed by atoms with van der Waals surface area (Å²) in [7, 11) is 0. The third-order valence-corrected chi connectivity index (χ3v) is 3.98. The number of aliphatic hydroxyl groups excluding tert-OH is 3. The molecule has 0 amide bonds. The van der Waals surface area contributed by atoms with E-state index in [1.165, 1.54) is 0 Å². The normalized spacial score (nSPS) is 39.0. The summed E-state index contributed by atoms with van der Waals surface area (Å²) < 4.78 is 10.4. The van der Waals surface area contributed by atoms with Crippen LogP contribution in [0.25, 0.3) is 0 Å². The Morgan fingerprint density at radius 3 is 2.60 bits per heavy atom. The first-order valence-corrected chi connectivity index (χ1v) is 6.49. The number of hydrogen-bond acceptors (Lipinski definition) is 6. The summed E-state index contributed by atoms with van der Waals surface area (Å²) in [4.78, 5) is 11.8. The zero-order valence-corrected chi connectivity index (χ0v) is 10.7. The smallest absolute Gasteiger partial charge is 0.338 e. The van der Waals surface area contributed by atoms with Gasteiger partial charge in [-0.05, 0) is 18.6 Å². The van der Waals surface area contributed by atoms with Crippen LogP contribution in [0.1, 0.15) is 16.8 Å². The zero-order chi connectivity index (χ0) is 14.3. The van der Waals surface area contributed by atoms with Gasteiger partial charge in [-0.25, -0.2) is 4.79 Å². The molecule has 1 spiro atoms. The van der Waals surface area contributed by atoms with Crippen LogP contribution < -0.4 is 0 Å². The van der Waals surface area contributed by atoms with Gasteiger partial charge in [0.1, 0.15) is 17.8 Å². The third-order valence-electron chi connectivity index (χ3n) is 3.98. The van der Waals surface area contributed by atoms with Crippen molar-refractivity contribution in [3.8, 4) is 0 Å². The number of aliphatic hydroxyl groups is 3. The van der Waals surface area contributed by atoms with Crippen LogP contribution >= 0.6 is 0 Å². The molecule has 2 aliphatic rings. The number of ether oxygens (including phenoxy) is 2. The second kappa shape index (κ2) is 4.82.